The van der Waals surface area contributed by atoms with E-state index in [1.165, 1.54) is 49.1 Å². The van der Waals surface area contributed by atoms with Gasteiger partial charge >= 0.3 is 0 Å². The Bertz CT molecular complexity index is 440. The largest absolute Gasteiger partial charge is 0.379 e. The van der Waals surface area contributed by atoms with E-state index in [2.05, 4.69) is 29.4 Å². The van der Waals surface area contributed by atoms with Gasteiger partial charge in [0.25, 0.3) is 0 Å². The van der Waals surface area contributed by atoms with Gasteiger partial charge in [0, 0.05) is 37.1 Å². The van der Waals surface area contributed by atoms with Crippen LogP contribution in [-0.4, -0.2) is 35.8 Å². The van der Waals surface area contributed by atoms with Crippen LogP contribution in [0.15, 0.2) is 6.07 Å². The molecule has 3 rings (SSSR count). The summed E-state index contributed by atoms with van der Waals surface area (Å²) in [6.07, 6.45) is 6.97. The zero-order chi connectivity index (χ0) is 13.9. The predicted molar refractivity (Wildman–Crippen MR) is 82.1 cm³/mol. The van der Waals surface area contributed by atoms with Crippen LogP contribution in [0.4, 0.5) is 0 Å². The molecule has 1 aliphatic heterocycles. The highest BCUT2D eigenvalue weighted by Gasteiger charge is 2.21. The van der Waals surface area contributed by atoms with Crippen molar-refractivity contribution >= 4 is 0 Å². The van der Waals surface area contributed by atoms with Crippen LogP contribution in [0.3, 0.4) is 0 Å². The summed E-state index contributed by atoms with van der Waals surface area (Å²) in [4.78, 5) is 2.52. The van der Waals surface area contributed by atoms with E-state index < -0.39 is 0 Å². The lowest BCUT2D eigenvalue weighted by Crippen LogP contribution is -2.35. The minimum atomic E-state index is 0.752. The van der Waals surface area contributed by atoms with Crippen molar-refractivity contribution in [3.63, 3.8) is 0 Å². The van der Waals surface area contributed by atoms with Crippen molar-refractivity contribution < 1.29 is 4.74 Å². The molecule has 20 heavy (non-hydrogen) atoms. The maximum Gasteiger partial charge on any atom is 0.0594 e. The van der Waals surface area contributed by atoms with Crippen LogP contribution < -0.4 is 0 Å². The van der Waals surface area contributed by atoms with E-state index in [0.717, 1.165) is 38.9 Å². The van der Waals surface area contributed by atoms with Crippen molar-refractivity contribution in [2.75, 3.05) is 26.3 Å². The number of aromatic nitrogens is 1. The summed E-state index contributed by atoms with van der Waals surface area (Å²) in [7, 11) is 0. The SMILES string of the molecule is Cc1cc(CN2CCOCC2)c(C)n1C1CCCCC1. The number of hydrogen-bond donors (Lipinski definition) is 0. The number of hydrogen-bond acceptors (Lipinski definition) is 2. The lowest BCUT2D eigenvalue weighted by Gasteiger charge is -2.28. The van der Waals surface area contributed by atoms with Crippen LogP contribution >= 0.6 is 0 Å². The molecule has 1 saturated carbocycles. The molecule has 0 aromatic carbocycles. The molecule has 3 heteroatoms. The van der Waals surface area contributed by atoms with E-state index in [4.69, 9.17) is 4.74 Å². The molecule has 1 aromatic rings. The molecule has 2 aliphatic rings. The summed E-state index contributed by atoms with van der Waals surface area (Å²) < 4.78 is 8.06. The zero-order valence-electron chi connectivity index (χ0n) is 13.0. The predicted octanol–water partition coefficient (Wildman–Crippen LogP) is 3.44. The molecule has 0 bridgehead atoms. The van der Waals surface area contributed by atoms with Crippen molar-refractivity contribution in [1.82, 2.24) is 9.47 Å². The molecule has 112 valence electrons. The molecular formula is C17H28N2O. The second kappa shape index (κ2) is 6.31. The van der Waals surface area contributed by atoms with E-state index >= 15 is 0 Å². The maximum atomic E-state index is 5.44. The number of nitrogens with zero attached hydrogens (tertiary/aromatic N) is 2. The van der Waals surface area contributed by atoms with Crippen LogP contribution in [0.25, 0.3) is 0 Å². The Kier molecular flexibility index (Phi) is 4.47. The maximum absolute atomic E-state index is 5.44. The first-order valence-corrected chi connectivity index (χ1v) is 8.23. The summed E-state index contributed by atoms with van der Waals surface area (Å²) in [6, 6.07) is 3.17. The smallest absolute Gasteiger partial charge is 0.0594 e. The van der Waals surface area contributed by atoms with Crippen LogP contribution in [-0.2, 0) is 11.3 Å². The first-order chi connectivity index (χ1) is 9.75. The van der Waals surface area contributed by atoms with Crippen LogP contribution in [0.2, 0.25) is 0 Å². The van der Waals surface area contributed by atoms with E-state index in [1.54, 1.807) is 0 Å². The highest BCUT2D eigenvalue weighted by Crippen LogP contribution is 2.32. The van der Waals surface area contributed by atoms with Crippen molar-refractivity contribution in [3.05, 3.63) is 23.0 Å². The molecule has 1 saturated heterocycles. The molecule has 0 unspecified atom stereocenters. The molecule has 0 atom stereocenters. The quantitative estimate of drug-likeness (QED) is 0.841. The van der Waals surface area contributed by atoms with Gasteiger partial charge in [-0.1, -0.05) is 19.3 Å². The molecule has 0 N–H and O–H groups in total. The second-order valence-corrected chi connectivity index (χ2v) is 6.45. The molecule has 0 spiro atoms. The standard InChI is InChI=1S/C17H28N2O/c1-14-12-16(13-18-8-10-20-11-9-18)15(2)19(14)17-6-4-3-5-7-17/h12,17H,3-11,13H2,1-2H3. The fourth-order valence-corrected chi connectivity index (χ4v) is 3.91. The molecule has 1 aromatic heterocycles. The lowest BCUT2D eigenvalue weighted by atomic mass is 9.95. The first-order valence-electron chi connectivity index (χ1n) is 8.23. The van der Waals surface area contributed by atoms with Gasteiger partial charge in [0.15, 0.2) is 0 Å². The van der Waals surface area contributed by atoms with Gasteiger partial charge in [-0.25, -0.2) is 0 Å². The number of aryl methyl sites for hydroxylation is 1. The van der Waals surface area contributed by atoms with Gasteiger partial charge in [0.2, 0.25) is 0 Å². The van der Waals surface area contributed by atoms with Crippen molar-refractivity contribution in [3.8, 4) is 0 Å². The fourth-order valence-electron chi connectivity index (χ4n) is 3.91. The average molecular weight is 276 g/mol. The Balaban J connectivity index is 1.75. The molecular weight excluding hydrogens is 248 g/mol. The lowest BCUT2D eigenvalue weighted by molar-refractivity contribution is 0.0341. The third kappa shape index (κ3) is 2.94. The summed E-state index contributed by atoms with van der Waals surface area (Å²) >= 11 is 0. The highest BCUT2D eigenvalue weighted by molar-refractivity contribution is 5.27. The Morgan fingerprint density at radius 1 is 1.10 bits per heavy atom. The third-order valence-corrected chi connectivity index (χ3v) is 5.03. The van der Waals surface area contributed by atoms with Crippen LogP contribution in [0.5, 0.6) is 0 Å². The zero-order valence-corrected chi connectivity index (χ0v) is 13.0. The monoisotopic (exact) mass is 276 g/mol. The molecule has 2 heterocycles. The number of morpholine rings is 1. The Morgan fingerprint density at radius 3 is 2.50 bits per heavy atom. The first kappa shape index (κ1) is 14.2. The van der Waals surface area contributed by atoms with Gasteiger partial charge < -0.3 is 9.30 Å². The normalized spacial score (nSPS) is 22.3. The minimum Gasteiger partial charge on any atom is -0.379 e. The topological polar surface area (TPSA) is 17.4 Å². The van der Waals surface area contributed by atoms with Gasteiger partial charge in [-0.05, 0) is 38.3 Å². The Hall–Kier alpha value is -0.800. The van der Waals surface area contributed by atoms with Crippen LogP contribution in [0.1, 0.15) is 55.1 Å². The summed E-state index contributed by atoms with van der Waals surface area (Å²) in [6.45, 7) is 9.63. The van der Waals surface area contributed by atoms with Crippen molar-refractivity contribution in [2.24, 2.45) is 0 Å². The minimum absolute atomic E-state index is 0.752. The van der Waals surface area contributed by atoms with Crippen molar-refractivity contribution in [2.45, 2.75) is 58.5 Å². The second-order valence-electron chi connectivity index (χ2n) is 6.45. The number of ether oxygens (including phenoxy) is 1. The van der Waals surface area contributed by atoms with Gasteiger partial charge in [0.05, 0.1) is 13.2 Å². The third-order valence-electron chi connectivity index (χ3n) is 5.03. The van der Waals surface area contributed by atoms with E-state index in [0.29, 0.717) is 0 Å². The summed E-state index contributed by atoms with van der Waals surface area (Å²) in [5.41, 5.74) is 4.48. The Morgan fingerprint density at radius 2 is 1.80 bits per heavy atom. The number of rotatable bonds is 3. The summed E-state index contributed by atoms with van der Waals surface area (Å²) in [5, 5.41) is 0. The van der Waals surface area contributed by atoms with Crippen LogP contribution in [0, 0.1) is 13.8 Å². The molecule has 1 aliphatic carbocycles. The highest BCUT2D eigenvalue weighted by atomic mass is 16.5. The molecule has 3 nitrogen and oxygen atoms in total. The van der Waals surface area contributed by atoms with Gasteiger partial charge in [-0.3, -0.25) is 4.90 Å². The Labute approximate surface area is 122 Å². The molecule has 0 amide bonds. The van der Waals surface area contributed by atoms with Gasteiger partial charge in [0.1, 0.15) is 0 Å². The van der Waals surface area contributed by atoms with Crippen molar-refractivity contribution in [1.29, 1.82) is 0 Å². The van der Waals surface area contributed by atoms with E-state index in [-0.39, 0.29) is 0 Å². The molecule has 0 radical (unpaired) electrons. The van der Waals surface area contributed by atoms with Gasteiger partial charge in [-0.15, -0.1) is 0 Å². The fraction of sp³-hybridized carbons (Fsp3) is 0.765. The van der Waals surface area contributed by atoms with E-state index in [9.17, 15) is 0 Å². The molecule has 2 fully saturated rings. The van der Waals surface area contributed by atoms with E-state index in [1.807, 2.05) is 0 Å². The van der Waals surface area contributed by atoms with Gasteiger partial charge in [-0.2, -0.15) is 0 Å². The average Bonchev–Trinajstić information content (AvgIpc) is 2.75. The summed E-state index contributed by atoms with van der Waals surface area (Å²) in [5.74, 6) is 0.